The lowest BCUT2D eigenvalue weighted by Gasteiger charge is -2.40. The van der Waals surface area contributed by atoms with E-state index in [1.54, 1.807) is 0 Å². The van der Waals surface area contributed by atoms with Gasteiger partial charge in [-0.2, -0.15) is 0 Å². The van der Waals surface area contributed by atoms with Crippen LogP contribution in [-0.4, -0.2) is 110 Å². The van der Waals surface area contributed by atoms with E-state index in [-0.39, 0.29) is 12.8 Å². The molecule has 0 aromatic rings. The highest BCUT2D eigenvalue weighted by atomic mass is 16.7. The molecule has 1 aliphatic rings. The molecule has 1 rings (SSSR count). The first-order valence-electron chi connectivity index (χ1n) is 24.4. The van der Waals surface area contributed by atoms with Crippen molar-refractivity contribution in [3.05, 3.63) is 36.5 Å². The molecule has 9 unspecified atom stereocenters. The molecular weight excluding hydrogens is 763 g/mol. The molecule has 0 bridgehead atoms. The predicted octanol–water partition coefficient (Wildman–Crippen LogP) is 8.39. The van der Waals surface area contributed by atoms with Crippen LogP contribution < -0.4 is 5.32 Å². The minimum Gasteiger partial charge on any atom is -0.394 e. The maximum absolute atomic E-state index is 13.1. The molecular formula is C49H91NO10. The second-order valence-corrected chi connectivity index (χ2v) is 17.1. The van der Waals surface area contributed by atoms with Crippen LogP contribution in [0.25, 0.3) is 0 Å². The van der Waals surface area contributed by atoms with Gasteiger partial charge >= 0.3 is 0 Å². The number of hydrogen-bond acceptors (Lipinski definition) is 10. The Bertz CT molecular complexity index is 1070. The molecule has 1 aliphatic heterocycles. The Labute approximate surface area is 365 Å². The number of rotatable bonds is 40. The van der Waals surface area contributed by atoms with Crippen LogP contribution in [0.2, 0.25) is 0 Å². The summed E-state index contributed by atoms with van der Waals surface area (Å²) in [5.41, 5.74) is 0. The number of aliphatic hydroxyl groups excluding tert-OH is 7. The fourth-order valence-electron chi connectivity index (χ4n) is 7.64. The monoisotopic (exact) mass is 854 g/mol. The van der Waals surface area contributed by atoms with Gasteiger partial charge in [-0.3, -0.25) is 4.79 Å². The largest absolute Gasteiger partial charge is 0.394 e. The van der Waals surface area contributed by atoms with Crippen molar-refractivity contribution in [3.8, 4) is 0 Å². The van der Waals surface area contributed by atoms with Crippen molar-refractivity contribution in [3.63, 3.8) is 0 Å². The second kappa shape index (κ2) is 39.0. The van der Waals surface area contributed by atoms with E-state index < -0.39 is 74.2 Å². The summed E-state index contributed by atoms with van der Waals surface area (Å²) in [6.07, 6.45) is 33.8. The van der Waals surface area contributed by atoms with Crippen molar-refractivity contribution in [2.75, 3.05) is 13.2 Å². The third-order valence-corrected chi connectivity index (χ3v) is 11.7. The summed E-state index contributed by atoms with van der Waals surface area (Å²) in [6.45, 7) is 3.28. The van der Waals surface area contributed by atoms with E-state index in [4.69, 9.17) is 9.47 Å². The Morgan fingerprint density at radius 3 is 1.57 bits per heavy atom. The van der Waals surface area contributed by atoms with Crippen LogP contribution in [-0.2, 0) is 14.3 Å². The molecule has 352 valence electrons. The van der Waals surface area contributed by atoms with Gasteiger partial charge in [-0.15, -0.1) is 0 Å². The average molecular weight is 854 g/mol. The number of unbranched alkanes of at least 4 members (excludes halogenated alkanes) is 22. The molecule has 11 nitrogen and oxygen atoms in total. The van der Waals surface area contributed by atoms with E-state index in [1.807, 2.05) is 6.08 Å². The molecule has 8 N–H and O–H groups in total. The van der Waals surface area contributed by atoms with Crippen molar-refractivity contribution in [1.82, 2.24) is 5.32 Å². The van der Waals surface area contributed by atoms with Crippen LogP contribution in [0.1, 0.15) is 200 Å². The van der Waals surface area contributed by atoms with E-state index in [0.717, 1.165) is 44.9 Å². The highest BCUT2D eigenvalue weighted by Gasteiger charge is 2.44. The van der Waals surface area contributed by atoms with E-state index in [1.165, 1.54) is 109 Å². The predicted molar refractivity (Wildman–Crippen MR) is 242 cm³/mol. The Hall–Kier alpha value is -1.67. The molecule has 1 amide bonds. The van der Waals surface area contributed by atoms with Crippen LogP contribution in [0.5, 0.6) is 0 Å². The van der Waals surface area contributed by atoms with Gasteiger partial charge in [-0.1, -0.05) is 166 Å². The molecule has 60 heavy (non-hydrogen) atoms. The lowest BCUT2D eigenvalue weighted by atomic mass is 9.98. The molecule has 0 saturated carbocycles. The van der Waals surface area contributed by atoms with Crippen molar-refractivity contribution < 1.29 is 50.0 Å². The maximum Gasteiger partial charge on any atom is 0.249 e. The fourth-order valence-corrected chi connectivity index (χ4v) is 7.64. The molecule has 0 spiro atoms. The molecule has 0 aliphatic carbocycles. The highest BCUT2D eigenvalue weighted by Crippen LogP contribution is 2.23. The lowest BCUT2D eigenvalue weighted by Crippen LogP contribution is -2.60. The summed E-state index contributed by atoms with van der Waals surface area (Å²) < 4.78 is 11.0. The second-order valence-electron chi connectivity index (χ2n) is 17.1. The highest BCUT2D eigenvalue weighted by molar-refractivity contribution is 5.80. The molecule has 0 aromatic carbocycles. The number of hydrogen-bond donors (Lipinski definition) is 8. The molecule has 1 heterocycles. The molecule has 0 radical (unpaired) electrons. The van der Waals surface area contributed by atoms with Gasteiger partial charge in [0.1, 0.15) is 36.6 Å². The van der Waals surface area contributed by atoms with Gasteiger partial charge < -0.3 is 50.5 Å². The molecule has 9 atom stereocenters. The van der Waals surface area contributed by atoms with Crippen molar-refractivity contribution in [1.29, 1.82) is 0 Å². The van der Waals surface area contributed by atoms with Gasteiger partial charge in [0.25, 0.3) is 0 Å². The summed E-state index contributed by atoms with van der Waals surface area (Å²) in [7, 11) is 0. The topological polar surface area (TPSA) is 189 Å². The van der Waals surface area contributed by atoms with E-state index in [2.05, 4.69) is 49.5 Å². The number of aliphatic hydroxyl groups is 7. The summed E-state index contributed by atoms with van der Waals surface area (Å²) >= 11 is 0. The van der Waals surface area contributed by atoms with Crippen LogP contribution in [0.3, 0.4) is 0 Å². The molecule has 1 fully saturated rings. The maximum atomic E-state index is 13.1. The summed E-state index contributed by atoms with van der Waals surface area (Å²) in [5.74, 6) is -0.716. The summed E-state index contributed by atoms with van der Waals surface area (Å²) in [4.78, 5) is 13.1. The quantitative estimate of drug-likeness (QED) is 0.0220. The molecule has 0 aromatic heterocycles. The summed E-state index contributed by atoms with van der Waals surface area (Å²) in [6, 6.07) is -1.19. The number of carbonyl (C=O) groups is 1. The summed E-state index contributed by atoms with van der Waals surface area (Å²) in [5, 5.41) is 75.4. The Morgan fingerprint density at radius 2 is 1.05 bits per heavy atom. The SMILES string of the molecule is CC/C=C/CC/C=C/CCCC(O)C(O)C(COC1OC(CO)C(O)C(O)C1O)NC(=O)C(O)CCCCCCCCCC/C=C\CCCCCCCCCCCCCC. The minimum absolute atomic E-state index is 0.243. The Balaban J connectivity index is 2.32. The Morgan fingerprint density at radius 1 is 0.583 bits per heavy atom. The fraction of sp³-hybridized carbons (Fsp3) is 0.857. The third kappa shape index (κ3) is 28.1. The molecule has 1 saturated heterocycles. The number of allylic oxidation sites excluding steroid dienone is 6. The van der Waals surface area contributed by atoms with Gasteiger partial charge in [0.2, 0.25) is 5.91 Å². The number of ether oxygens (including phenoxy) is 2. The van der Waals surface area contributed by atoms with Crippen molar-refractivity contribution in [2.45, 2.75) is 255 Å². The average Bonchev–Trinajstić information content (AvgIpc) is 3.25. The zero-order valence-corrected chi connectivity index (χ0v) is 37.9. The van der Waals surface area contributed by atoms with E-state index >= 15 is 0 Å². The van der Waals surface area contributed by atoms with Gasteiger partial charge in [0.15, 0.2) is 6.29 Å². The van der Waals surface area contributed by atoms with E-state index in [0.29, 0.717) is 19.3 Å². The number of carbonyl (C=O) groups excluding carboxylic acids is 1. The van der Waals surface area contributed by atoms with Gasteiger partial charge in [-0.25, -0.2) is 0 Å². The van der Waals surface area contributed by atoms with Crippen LogP contribution >= 0.6 is 0 Å². The minimum atomic E-state index is -1.67. The first-order chi connectivity index (χ1) is 29.2. The third-order valence-electron chi connectivity index (χ3n) is 11.7. The van der Waals surface area contributed by atoms with Crippen molar-refractivity contribution >= 4 is 5.91 Å². The normalized spacial score (nSPS) is 21.9. The number of nitrogens with one attached hydrogen (secondary N) is 1. The van der Waals surface area contributed by atoms with Crippen LogP contribution in [0, 0.1) is 0 Å². The van der Waals surface area contributed by atoms with Crippen molar-refractivity contribution in [2.24, 2.45) is 0 Å². The zero-order valence-electron chi connectivity index (χ0n) is 37.9. The van der Waals surface area contributed by atoms with Gasteiger partial charge in [0.05, 0.1) is 25.4 Å². The van der Waals surface area contributed by atoms with E-state index in [9.17, 15) is 40.5 Å². The number of amides is 1. The lowest BCUT2D eigenvalue weighted by molar-refractivity contribution is -0.303. The smallest absolute Gasteiger partial charge is 0.249 e. The molecule has 11 heteroatoms. The first-order valence-corrected chi connectivity index (χ1v) is 24.4. The standard InChI is InChI=1S/C49H91NO10/c1-3-5-7-9-11-13-14-15-16-17-18-19-20-21-22-23-24-25-26-27-29-31-33-35-37-42(53)48(58)50-40(39-59-49-47(57)46(56)45(55)43(38-51)60-49)44(54)41(52)36-34-32-30-28-12-10-8-6-4-2/h6,8,21-22,28,30,40-47,49,51-57H,3-5,7,9-20,23-27,29,31-39H2,1-2H3,(H,50,58)/b8-6+,22-21-,30-28+. The van der Waals surface area contributed by atoms with Crippen LogP contribution in [0.4, 0.5) is 0 Å². The van der Waals surface area contributed by atoms with Gasteiger partial charge in [-0.05, 0) is 70.6 Å². The first kappa shape index (κ1) is 56.3. The zero-order chi connectivity index (χ0) is 44.1. The van der Waals surface area contributed by atoms with Crippen LogP contribution in [0.15, 0.2) is 36.5 Å². The Kier molecular flexibility index (Phi) is 36.6. The van der Waals surface area contributed by atoms with Gasteiger partial charge in [0, 0.05) is 0 Å².